The Morgan fingerprint density at radius 1 is 1.32 bits per heavy atom. The molecule has 10 heteroatoms. The van der Waals surface area contributed by atoms with Crippen molar-refractivity contribution in [3.8, 4) is 0 Å². The van der Waals surface area contributed by atoms with Gasteiger partial charge in [0.15, 0.2) is 5.96 Å². The zero-order valence-corrected chi connectivity index (χ0v) is 16.0. The van der Waals surface area contributed by atoms with E-state index in [0.29, 0.717) is 32.1 Å². The molecule has 0 atom stereocenters. The maximum absolute atomic E-state index is 12.6. The standard InChI is InChI=1S/C18H24N8O2/c1-3-20-18(22-9-13-4-5-15(17(19)28)21-8-13)25-6-7-26(16(27)12-25)14-10-23-24(2)11-14/h4-5,8,10-11H,3,6-7,9,12H2,1-2H3,(H2,19,28)(H,20,22). The Hall–Kier alpha value is -3.43. The number of primary amides is 1. The van der Waals surface area contributed by atoms with Crippen molar-refractivity contribution in [1.82, 2.24) is 25.0 Å². The van der Waals surface area contributed by atoms with Gasteiger partial charge in [0.05, 0.1) is 18.4 Å². The molecule has 2 aromatic rings. The molecule has 0 radical (unpaired) electrons. The summed E-state index contributed by atoms with van der Waals surface area (Å²) in [6.07, 6.45) is 5.10. The predicted octanol–water partition coefficient (Wildman–Crippen LogP) is -0.272. The van der Waals surface area contributed by atoms with Gasteiger partial charge in [-0.05, 0) is 18.6 Å². The number of aryl methyl sites for hydroxylation is 1. The molecule has 0 saturated carbocycles. The number of hydrogen-bond acceptors (Lipinski definition) is 5. The van der Waals surface area contributed by atoms with Gasteiger partial charge in [0.25, 0.3) is 5.91 Å². The number of nitrogens with zero attached hydrogens (tertiary/aromatic N) is 6. The molecule has 1 saturated heterocycles. The van der Waals surface area contributed by atoms with Crippen LogP contribution < -0.4 is 16.0 Å². The van der Waals surface area contributed by atoms with Crippen molar-refractivity contribution in [3.05, 3.63) is 42.0 Å². The smallest absolute Gasteiger partial charge is 0.267 e. The molecule has 148 valence electrons. The van der Waals surface area contributed by atoms with E-state index in [-0.39, 0.29) is 18.1 Å². The molecule has 0 aliphatic carbocycles. The van der Waals surface area contributed by atoms with Crippen LogP contribution in [0.2, 0.25) is 0 Å². The minimum absolute atomic E-state index is 0.00247. The van der Waals surface area contributed by atoms with Gasteiger partial charge in [0.2, 0.25) is 5.91 Å². The molecular formula is C18H24N8O2. The molecule has 0 aromatic carbocycles. The first kappa shape index (κ1) is 19.3. The van der Waals surface area contributed by atoms with E-state index in [0.717, 1.165) is 11.3 Å². The third-order valence-electron chi connectivity index (χ3n) is 4.35. The Bertz CT molecular complexity index is 874. The highest BCUT2D eigenvalue weighted by Gasteiger charge is 2.27. The summed E-state index contributed by atoms with van der Waals surface area (Å²) in [5.41, 5.74) is 7.07. The Morgan fingerprint density at radius 3 is 2.71 bits per heavy atom. The molecule has 1 fully saturated rings. The van der Waals surface area contributed by atoms with Crippen molar-refractivity contribution < 1.29 is 9.59 Å². The van der Waals surface area contributed by atoms with Crippen LogP contribution in [0.25, 0.3) is 0 Å². The maximum Gasteiger partial charge on any atom is 0.267 e. The molecule has 1 aliphatic heterocycles. The van der Waals surface area contributed by atoms with Crippen molar-refractivity contribution in [3.63, 3.8) is 0 Å². The Labute approximate surface area is 163 Å². The molecule has 3 heterocycles. The number of carbonyl (C=O) groups excluding carboxylic acids is 2. The van der Waals surface area contributed by atoms with Crippen LogP contribution in [0.3, 0.4) is 0 Å². The van der Waals surface area contributed by atoms with Crippen LogP contribution >= 0.6 is 0 Å². The van der Waals surface area contributed by atoms with Crippen molar-refractivity contribution in [2.75, 3.05) is 31.1 Å². The van der Waals surface area contributed by atoms with Crippen LogP contribution in [-0.4, -0.2) is 63.6 Å². The first-order chi connectivity index (χ1) is 13.5. The summed E-state index contributed by atoms with van der Waals surface area (Å²) < 4.78 is 1.68. The maximum atomic E-state index is 12.6. The predicted molar refractivity (Wildman–Crippen MR) is 105 cm³/mol. The summed E-state index contributed by atoms with van der Waals surface area (Å²) in [7, 11) is 1.82. The first-order valence-corrected chi connectivity index (χ1v) is 9.05. The number of hydrogen-bond donors (Lipinski definition) is 2. The summed E-state index contributed by atoms with van der Waals surface area (Å²) in [5, 5.41) is 7.35. The lowest BCUT2D eigenvalue weighted by Gasteiger charge is -2.35. The van der Waals surface area contributed by atoms with Gasteiger partial charge < -0.3 is 20.9 Å². The first-order valence-electron chi connectivity index (χ1n) is 9.05. The molecular weight excluding hydrogens is 360 g/mol. The van der Waals surface area contributed by atoms with Crippen molar-refractivity contribution in [1.29, 1.82) is 0 Å². The number of amides is 2. The summed E-state index contributed by atoms with van der Waals surface area (Å²) in [4.78, 5) is 36.0. The molecule has 0 unspecified atom stereocenters. The summed E-state index contributed by atoms with van der Waals surface area (Å²) in [6, 6.07) is 3.35. The van der Waals surface area contributed by atoms with Gasteiger partial charge in [0.1, 0.15) is 12.2 Å². The van der Waals surface area contributed by atoms with Gasteiger partial charge in [-0.15, -0.1) is 0 Å². The molecule has 1 aliphatic rings. The average Bonchev–Trinajstić information content (AvgIpc) is 3.11. The highest BCUT2D eigenvalue weighted by molar-refractivity contribution is 5.98. The highest BCUT2D eigenvalue weighted by atomic mass is 16.2. The SMILES string of the molecule is CCNC(=NCc1ccc(C(N)=O)nc1)N1CCN(c2cnn(C)c2)C(=O)C1. The zero-order chi connectivity index (χ0) is 20.1. The second kappa shape index (κ2) is 8.51. The van der Waals surface area contributed by atoms with Gasteiger partial charge in [-0.25, -0.2) is 4.99 Å². The van der Waals surface area contributed by atoms with Crippen molar-refractivity contribution >= 4 is 23.5 Å². The van der Waals surface area contributed by atoms with Crippen molar-refractivity contribution in [2.24, 2.45) is 17.8 Å². The molecule has 3 N–H and O–H groups in total. The quantitative estimate of drug-likeness (QED) is 0.540. The van der Waals surface area contributed by atoms with Crippen LogP contribution in [0.1, 0.15) is 23.0 Å². The molecule has 2 aromatic heterocycles. The number of pyridine rings is 1. The van der Waals surface area contributed by atoms with E-state index >= 15 is 0 Å². The molecule has 0 bridgehead atoms. The number of piperazine rings is 1. The molecule has 28 heavy (non-hydrogen) atoms. The van der Waals surface area contributed by atoms with Gasteiger partial charge in [-0.3, -0.25) is 19.3 Å². The van der Waals surface area contributed by atoms with Crippen LogP contribution in [0.4, 0.5) is 5.69 Å². The van der Waals surface area contributed by atoms with E-state index in [9.17, 15) is 9.59 Å². The number of nitrogens with one attached hydrogen (secondary N) is 1. The topological polar surface area (TPSA) is 122 Å². The van der Waals surface area contributed by atoms with E-state index in [1.165, 1.54) is 0 Å². The van der Waals surface area contributed by atoms with Crippen LogP contribution in [0.15, 0.2) is 35.7 Å². The van der Waals surface area contributed by atoms with Crippen LogP contribution in [-0.2, 0) is 18.4 Å². The molecule has 2 amide bonds. The van der Waals surface area contributed by atoms with E-state index in [2.05, 4.69) is 20.4 Å². The Kier molecular flexibility index (Phi) is 5.87. The fourth-order valence-corrected chi connectivity index (χ4v) is 2.93. The van der Waals surface area contributed by atoms with Gasteiger partial charge in [0, 0.05) is 39.1 Å². The van der Waals surface area contributed by atoms with Crippen LogP contribution in [0.5, 0.6) is 0 Å². The molecule has 0 spiro atoms. The Balaban J connectivity index is 1.67. The summed E-state index contributed by atoms with van der Waals surface area (Å²) >= 11 is 0. The lowest BCUT2D eigenvalue weighted by molar-refractivity contribution is -0.120. The number of aromatic nitrogens is 3. The van der Waals surface area contributed by atoms with Crippen molar-refractivity contribution in [2.45, 2.75) is 13.5 Å². The normalized spacial score (nSPS) is 15.1. The third kappa shape index (κ3) is 4.45. The molecule has 3 rings (SSSR count). The van der Waals surface area contributed by atoms with Gasteiger partial charge in [-0.1, -0.05) is 6.07 Å². The van der Waals surface area contributed by atoms with Crippen LogP contribution in [0, 0.1) is 0 Å². The number of carbonyl (C=O) groups is 2. The number of aliphatic imine (C=N–C) groups is 1. The van der Waals surface area contributed by atoms with E-state index < -0.39 is 5.91 Å². The monoisotopic (exact) mass is 384 g/mol. The van der Waals surface area contributed by atoms with E-state index in [1.807, 2.05) is 25.1 Å². The summed E-state index contributed by atoms with van der Waals surface area (Å²) in [6.45, 7) is 4.50. The zero-order valence-electron chi connectivity index (χ0n) is 16.0. The van der Waals surface area contributed by atoms with Gasteiger partial charge >= 0.3 is 0 Å². The molecule has 10 nitrogen and oxygen atoms in total. The minimum Gasteiger partial charge on any atom is -0.364 e. The lowest BCUT2D eigenvalue weighted by Crippen LogP contribution is -2.55. The van der Waals surface area contributed by atoms with E-state index in [4.69, 9.17) is 5.73 Å². The Morgan fingerprint density at radius 2 is 2.14 bits per heavy atom. The van der Waals surface area contributed by atoms with Gasteiger partial charge in [-0.2, -0.15) is 5.10 Å². The minimum atomic E-state index is -0.562. The fraction of sp³-hybridized carbons (Fsp3) is 0.389. The second-order valence-electron chi connectivity index (χ2n) is 6.43. The number of rotatable bonds is 5. The van der Waals surface area contributed by atoms with E-state index in [1.54, 1.807) is 34.1 Å². The number of guanidine groups is 1. The third-order valence-corrected chi connectivity index (χ3v) is 4.35. The fourth-order valence-electron chi connectivity index (χ4n) is 2.93. The number of anilines is 1. The average molecular weight is 384 g/mol. The number of nitrogens with two attached hydrogens (primary N) is 1. The lowest BCUT2D eigenvalue weighted by atomic mass is 10.2. The highest BCUT2D eigenvalue weighted by Crippen LogP contribution is 2.16. The largest absolute Gasteiger partial charge is 0.364 e. The summed E-state index contributed by atoms with van der Waals surface area (Å²) in [5.74, 6) is 0.103. The second-order valence-corrected chi connectivity index (χ2v) is 6.43.